The first-order valence-electron chi connectivity index (χ1n) is 5.19. The van der Waals surface area contributed by atoms with Gasteiger partial charge in [0.15, 0.2) is 0 Å². The van der Waals surface area contributed by atoms with Crippen LogP contribution in [0.3, 0.4) is 0 Å². The van der Waals surface area contributed by atoms with E-state index in [1.165, 1.54) is 4.90 Å². The van der Waals surface area contributed by atoms with Gasteiger partial charge >= 0.3 is 0 Å². The number of nitro benzene ring substituents is 1. The van der Waals surface area contributed by atoms with Gasteiger partial charge in [-0.05, 0) is 29.8 Å². The molecule has 0 fully saturated rings. The van der Waals surface area contributed by atoms with Crippen molar-refractivity contribution in [2.75, 3.05) is 18.6 Å². The van der Waals surface area contributed by atoms with Crippen molar-refractivity contribution in [2.45, 2.75) is 19.4 Å². The minimum atomic E-state index is -0.731. The number of nitrogens with zero attached hydrogens (tertiary/aromatic N) is 2. The SMILES string of the molecule is CN(c1cc(F)c(Br)cc1[N+](=O)[O-])C(C)(C)CO. The van der Waals surface area contributed by atoms with Gasteiger partial charge in [0.05, 0.1) is 21.5 Å². The zero-order chi connectivity index (χ0) is 14.1. The Kier molecular flexibility index (Phi) is 4.28. The topological polar surface area (TPSA) is 66.6 Å². The number of hydrogen-bond donors (Lipinski definition) is 1. The monoisotopic (exact) mass is 320 g/mol. The summed E-state index contributed by atoms with van der Waals surface area (Å²) in [5, 5.41) is 20.2. The van der Waals surface area contributed by atoms with Crippen molar-refractivity contribution in [1.82, 2.24) is 0 Å². The van der Waals surface area contributed by atoms with Gasteiger partial charge in [0, 0.05) is 19.2 Å². The van der Waals surface area contributed by atoms with Crippen LogP contribution >= 0.6 is 15.9 Å². The van der Waals surface area contributed by atoms with Gasteiger partial charge in [0.1, 0.15) is 11.5 Å². The molecule has 0 saturated carbocycles. The number of nitro groups is 1. The summed E-state index contributed by atoms with van der Waals surface area (Å²) in [6.07, 6.45) is 0. The van der Waals surface area contributed by atoms with Crippen molar-refractivity contribution in [2.24, 2.45) is 0 Å². The van der Waals surface area contributed by atoms with Gasteiger partial charge < -0.3 is 10.0 Å². The second-order valence-corrected chi connectivity index (χ2v) is 5.40. The van der Waals surface area contributed by atoms with E-state index in [0.717, 1.165) is 12.1 Å². The molecule has 0 unspecified atom stereocenters. The number of aliphatic hydroxyl groups excluding tert-OH is 1. The minimum absolute atomic E-state index is 0.0353. The summed E-state index contributed by atoms with van der Waals surface area (Å²) in [4.78, 5) is 11.9. The third-order valence-electron chi connectivity index (χ3n) is 2.87. The van der Waals surface area contributed by atoms with E-state index in [1.807, 2.05) is 0 Å². The Morgan fingerprint density at radius 1 is 1.56 bits per heavy atom. The molecule has 0 amide bonds. The Bertz CT molecular complexity index is 480. The van der Waals surface area contributed by atoms with Gasteiger partial charge in [-0.2, -0.15) is 0 Å². The molecule has 0 radical (unpaired) electrons. The highest BCUT2D eigenvalue weighted by Crippen LogP contribution is 2.35. The lowest BCUT2D eigenvalue weighted by atomic mass is 10.0. The van der Waals surface area contributed by atoms with E-state index in [-0.39, 0.29) is 22.5 Å². The normalized spacial score (nSPS) is 11.4. The predicted molar refractivity (Wildman–Crippen MR) is 70.3 cm³/mol. The van der Waals surface area contributed by atoms with Crippen LogP contribution in [0.4, 0.5) is 15.8 Å². The largest absolute Gasteiger partial charge is 0.394 e. The molecule has 18 heavy (non-hydrogen) atoms. The van der Waals surface area contributed by atoms with Crippen molar-refractivity contribution in [1.29, 1.82) is 0 Å². The molecule has 1 aromatic rings. The van der Waals surface area contributed by atoms with Gasteiger partial charge in [-0.15, -0.1) is 0 Å². The number of benzene rings is 1. The molecule has 1 N–H and O–H groups in total. The summed E-state index contributed by atoms with van der Waals surface area (Å²) in [5.74, 6) is -0.587. The first-order chi connectivity index (χ1) is 8.20. The van der Waals surface area contributed by atoms with E-state index in [4.69, 9.17) is 0 Å². The molecule has 0 atom stereocenters. The fourth-order valence-corrected chi connectivity index (χ4v) is 1.70. The number of halogens is 2. The zero-order valence-corrected chi connectivity index (χ0v) is 11.9. The van der Waals surface area contributed by atoms with E-state index >= 15 is 0 Å². The number of anilines is 1. The maximum Gasteiger partial charge on any atom is 0.293 e. The average molecular weight is 321 g/mol. The fraction of sp³-hybridized carbons (Fsp3) is 0.455. The average Bonchev–Trinajstić information content (AvgIpc) is 2.30. The molecule has 0 spiro atoms. The Morgan fingerprint density at radius 3 is 2.56 bits per heavy atom. The quantitative estimate of drug-likeness (QED) is 0.684. The van der Waals surface area contributed by atoms with E-state index in [9.17, 15) is 19.6 Å². The van der Waals surface area contributed by atoms with Gasteiger partial charge in [-0.3, -0.25) is 10.1 Å². The van der Waals surface area contributed by atoms with Gasteiger partial charge in [-0.1, -0.05) is 0 Å². The summed E-state index contributed by atoms with van der Waals surface area (Å²) in [5.41, 5.74) is -0.822. The first-order valence-corrected chi connectivity index (χ1v) is 5.98. The number of aliphatic hydroxyl groups is 1. The van der Waals surface area contributed by atoms with Crippen LogP contribution in [0.5, 0.6) is 0 Å². The molecule has 100 valence electrons. The maximum absolute atomic E-state index is 13.5. The highest BCUT2D eigenvalue weighted by atomic mass is 79.9. The van der Waals surface area contributed by atoms with Crippen molar-refractivity contribution in [3.05, 3.63) is 32.5 Å². The summed E-state index contributed by atoms with van der Waals surface area (Å²) in [6, 6.07) is 2.20. The van der Waals surface area contributed by atoms with Gasteiger partial charge in [-0.25, -0.2) is 4.39 Å². The molecule has 0 aromatic heterocycles. The molecule has 0 aliphatic rings. The van der Waals surface area contributed by atoms with Crippen LogP contribution in [0.15, 0.2) is 16.6 Å². The van der Waals surface area contributed by atoms with Crippen molar-refractivity contribution < 1.29 is 14.4 Å². The van der Waals surface area contributed by atoms with E-state index < -0.39 is 16.3 Å². The van der Waals surface area contributed by atoms with Crippen molar-refractivity contribution in [3.8, 4) is 0 Å². The van der Waals surface area contributed by atoms with E-state index in [1.54, 1.807) is 20.9 Å². The van der Waals surface area contributed by atoms with Gasteiger partial charge in [0.2, 0.25) is 0 Å². The van der Waals surface area contributed by atoms with Crippen LogP contribution in [-0.2, 0) is 0 Å². The van der Waals surface area contributed by atoms with Crippen molar-refractivity contribution >= 4 is 27.3 Å². The lowest BCUT2D eigenvalue weighted by Gasteiger charge is -2.35. The lowest BCUT2D eigenvalue weighted by molar-refractivity contribution is -0.384. The molecule has 1 aromatic carbocycles. The van der Waals surface area contributed by atoms with Gasteiger partial charge in [0.25, 0.3) is 5.69 Å². The maximum atomic E-state index is 13.5. The summed E-state index contributed by atoms with van der Waals surface area (Å²) >= 11 is 2.92. The third kappa shape index (κ3) is 2.78. The van der Waals surface area contributed by atoms with E-state index in [0.29, 0.717) is 0 Å². The molecule has 7 heteroatoms. The fourth-order valence-electron chi connectivity index (χ4n) is 1.37. The van der Waals surface area contributed by atoms with Crippen molar-refractivity contribution in [3.63, 3.8) is 0 Å². The zero-order valence-electron chi connectivity index (χ0n) is 10.3. The van der Waals surface area contributed by atoms with Crippen LogP contribution in [0, 0.1) is 15.9 Å². The Hall–Kier alpha value is -1.21. The molecular formula is C11H14BrFN2O3. The third-order valence-corrected chi connectivity index (χ3v) is 3.48. The Balaban J connectivity index is 3.39. The number of likely N-dealkylation sites (N-methyl/N-ethyl adjacent to an activating group) is 1. The molecule has 0 bridgehead atoms. The van der Waals surface area contributed by atoms with Crippen LogP contribution in [0.2, 0.25) is 0 Å². The highest BCUT2D eigenvalue weighted by molar-refractivity contribution is 9.10. The molecule has 0 aliphatic heterocycles. The molecule has 0 heterocycles. The molecule has 5 nitrogen and oxygen atoms in total. The summed E-state index contributed by atoms with van der Waals surface area (Å²) in [6.45, 7) is 3.20. The molecule has 0 saturated heterocycles. The summed E-state index contributed by atoms with van der Waals surface area (Å²) < 4.78 is 13.6. The molecular weight excluding hydrogens is 307 g/mol. The standard InChI is InChI=1S/C11H14BrFN2O3/c1-11(2,6-16)14(3)9-5-8(13)7(12)4-10(9)15(17)18/h4-5,16H,6H2,1-3H3. The lowest BCUT2D eigenvalue weighted by Crippen LogP contribution is -2.44. The number of rotatable bonds is 4. The van der Waals surface area contributed by atoms with E-state index in [2.05, 4.69) is 15.9 Å². The number of hydrogen-bond acceptors (Lipinski definition) is 4. The Morgan fingerprint density at radius 2 is 2.11 bits per heavy atom. The predicted octanol–water partition coefficient (Wildman–Crippen LogP) is 2.70. The Labute approximate surface area is 112 Å². The summed E-state index contributed by atoms with van der Waals surface area (Å²) in [7, 11) is 1.58. The second-order valence-electron chi connectivity index (χ2n) is 4.54. The smallest absolute Gasteiger partial charge is 0.293 e. The second kappa shape index (κ2) is 5.19. The van der Waals surface area contributed by atoms with Crippen LogP contribution in [0.25, 0.3) is 0 Å². The molecule has 0 aliphatic carbocycles. The highest BCUT2D eigenvalue weighted by Gasteiger charge is 2.29. The molecule has 1 rings (SSSR count). The minimum Gasteiger partial charge on any atom is -0.394 e. The van der Waals surface area contributed by atoms with Crippen LogP contribution in [0.1, 0.15) is 13.8 Å². The van der Waals surface area contributed by atoms with Crippen LogP contribution < -0.4 is 4.90 Å². The van der Waals surface area contributed by atoms with Crippen LogP contribution in [-0.4, -0.2) is 29.2 Å². The first kappa shape index (κ1) is 14.8.